The number of amides is 2. The lowest BCUT2D eigenvalue weighted by Gasteiger charge is -2.26. The molecule has 1 aliphatic heterocycles. The molecule has 0 saturated carbocycles. The zero-order valence-electron chi connectivity index (χ0n) is 18.5. The third-order valence-corrected chi connectivity index (χ3v) is 5.70. The number of fused-ring (bicyclic) bond motifs is 2. The molecule has 2 aromatic heterocycles. The molecule has 1 aromatic carbocycles. The van der Waals surface area contributed by atoms with Crippen LogP contribution in [-0.4, -0.2) is 54.7 Å². The molecule has 9 heteroatoms. The van der Waals surface area contributed by atoms with Crippen LogP contribution in [0.1, 0.15) is 65.5 Å². The van der Waals surface area contributed by atoms with Crippen molar-refractivity contribution < 1.29 is 19.1 Å². The van der Waals surface area contributed by atoms with E-state index in [0.717, 1.165) is 5.56 Å². The third-order valence-electron chi connectivity index (χ3n) is 5.70. The second kappa shape index (κ2) is 7.98. The highest BCUT2D eigenvalue weighted by Crippen LogP contribution is 2.34. The number of nitrogens with one attached hydrogen (secondary N) is 1. The first-order chi connectivity index (χ1) is 15.1. The van der Waals surface area contributed by atoms with Gasteiger partial charge in [0.2, 0.25) is 0 Å². The van der Waals surface area contributed by atoms with Gasteiger partial charge in [0.15, 0.2) is 5.65 Å². The number of anilines is 1. The molecule has 2 amide bonds. The average molecular weight is 439 g/mol. The van der Waals surface area contributed by atoms with Crippen LogP contribution in [0.25, 0.3) is 5.65 Å². The Balaban J connectivity index is 1.63. The van der Waals surface area contributed by atoms with Gasteiger partial charge in [-0.3, -0.25) is 9.59 Å². The van der Waals surface area contributed by atoms with E-state index < -0.39 is 11.8 Å². The highest BCUT2D eigenvalue weighted by molar-refractivity contribution is 6.09. The van der Waals surface area contributed by atoms with E-state index in [2.05, 4.69) is 15.4 Å². The van der Waals surface area contributed by atoms with Gasteiger partial charge in [-0.25, -0.2) is 13.9 Å². The fourth-order valence-corrected chi connectivity index (χ4v) is 3.77. The van der Waals surface area contributed by atoms with E-state index in [1.54, 1.807) is 30.6 Å². The minimum Gasteiger partial charge on any atom is -0.387 e. The minimum atomic E-state index is -1.58. The van der Waals surface area contributed by atoms with Crippen molar-refractivity contribution in [2.45, 2.75) is 51.9 Å². The van der Waals surface area contributed by atoms with E-state index in [9.17, 15) is 19.1 Å². The number of aromatic nitrogens is 3. The second-order valence-corrected chi connectivity index (χ2v) is 8.96. The van der Waals surface area contributed by atoms with Crippen LogP contribution >= 0.6 is 0 Å². The van der Waals surface area contributed by atoms with Crippen molar-refractivity contribution in [2.24, 2.45) is 0 Å². The van der Waals surface area contributed by atoms with Gasteiger partial charge in [-0.1, -0.05) is 13.8 Å². The van der Waals surface area contributed by atoms with Crippen LogP contribution in [0.5, 0.6) is 0 Å². The lowest BCUT2D eigenvalue weighted by atomic mass is 9.96. The van der Waals surface area contributed by atoms with Crippen LogP contribution in [0, 0.1) is 0 Å². The number of hydrogen-bond donors (Lipinski definition) is 2. The summed E-state index contributed by atoms with van der Waals surface area (Å²) in [6, 6.07) is 5.27. The molecular weight excluding hydrogens is 413 g/mol. The first kappa shape index (κ1) is 21.9. The molecule has 0 bridgehead atoms. The van der Waals surface area contributed by atoms with Gasteiger partial charge in [0.1, 0.15) is 11.7 Å². The molecule has 3 heterocycles. The van der Waals surface area contributed by atoms with E-state index in [4.69, 9.17) is 0 Å². The summed E-state index contributed by atoms with van der Waals surface area (Å²) in [6.45, 7) is 6.71. The van der Waals surface area contributed by atoms with Gasteiger partial charge < -0.3 is 15.3 Å². The lowest BCUT2D eigenvalue weighted by molar-refractivity contribution is -0.0159. The number of nitrogens with zero attached hydrogens (tertiary/aromatic N) is 4. The Morgan fingerprint density at radius 3 is 2.78 bits per heavy atom. The normalized spacial score (nSPS) is 14.8. The number of rotatable bonds is 6. The van der Waals surface area contributed by atoms with E-state index in [1.807, 2.05) is 13.8 Å². The van der Waals surface area contributed by atoms with E-state index in [-0.39, 0.29) is 30.8 Å². The standard InChI is InChI=1S/C23H26FN5O3/c1-13(2)15-9-16-14(11-28(22(16)31)12-19(24)23(3,4)32)8-18(15)27-21(30)17-10-26-29-7-5-6-25-20(17)29/h5-10,13,19,32H,11-12H2,1-4H3,(H,27,30)/t19-/m1/s1. The van der Waals surface area contributed by atoms with Gasteiger partial charge in [-0.2, -0.15) is 5.10 Å². The Morgan fingerprint density at radius 1 is 1.34 bits per heavy atom. The maximum absolute atomic E-state index is 14.4. The Bertz CT molecular complexity index is 1200. The molecule has 4 rings (SSSR count). The van der Waals surface area contributed by atoms with Gasteiger partial charge >= 0.3 is 0 Å². The zero-order valence-corrected chi connectivity index (χ0v) is 18.5. The number of halogens is 1. The minimum absolute atomic E-state index is 0.0322. The smallest absolute Gasteiger partial charge is 0.261 e. The predicted octanol–water partition coefficient (Wildman–Crippen LogP) is 3.17. The summed E-state index contributed by atoms with van der Waals surface area (Å²) in [5, 5.41) is 17.0. The molecule has 0 unspecified atom stereocenters. The fourth-order valence-electron chi connectivity index (χ4n) is 3.77. The summed E-state index contributed by atoms with van der Waals surface area (Å²) >= 11 is 0. The van der Waals surface area contributed by atoms with Crippen molar-refractivity contribution >= 4 is 23.1 Å². The van der Waals surface area contributed by atoms with Crippen LogP contribution in [0.4, 0.5) is 10.1 Å². The van der Waals surface area contributed by atoms with Crippen LogP contribution < -0.4 is 5.32 Å². The van der Waals surface area contributed by atoms with Gasteiger partial charge in [0.25, 0.3) is 11.8 Å². The van der Waals surface area contributed by atoms with Crippen LogP contribution in [0.15, 0.2) is 36.8 Å². The molecule has 0 fully saturated rings. The van der Waals surface area contributed by atoms with Gasteiger partial charge in [0, 0.05) is 30.2 Å². The maximum Gasteiger partial charge on any atom is 0.261 e. The van der Waals surface area contributed by atoms with E-state index in [1.165, 1.54) is 29.5 Å². The number of alkyl halides is 1. The van der Waals surface area contributed by atoms with Crippen molar-refractivity contribution in [3.05, 3.63) is 59.0 Å². The van der Waals surface area contributed by atoms with Crippen molar-refractivity contribution in [2.75, 3.05) is 11.9 Å². The number of aliphatic hydroxyl groups is 1. The molecule has 1 atom stereocenters. The highest BCUT2D eigenvalue weighted by Gasteiger charge is 2.35. The largest absolute Gasteiger partial charge is 0.387 e. The molecule has 1 aliphatic rings. The predicted molar refractivity (Wildman–Crippen MR) is 117 cm³/mol. The Hall–Kier alpha value is -3.33. The molecule has 3 aromatic rings. The topological polar surface area (TPSA) is 99.8 Å². The summed E-state index contributed by atoms with van der Waals surface area (Å²) in [6.07, 6.45) is 3.19. The summed E-state index contributed by atoms with van der Waals surface area (Å²) in [5.74, 6) is -0.601. The molecule has 8 nitrogen and oxygen atoms in total. The molecule has 0 aliphatic carbocycles. The first-order valence-corrected chi connectivity index (χ1v) is 10.5. The molecule has 0 saturated heterocycles. The van der Waals surface area contributed by atoms with Crippen molar-refractivity contribution in [1.82, 2.24) is 19.5 Å². The van der Waals surface area contributed by atoms with Gasteiger partial charge in [0.05, 0.1) is 18.3 Å². The molecule has 0 radical (unpaired) electrons. The van der Waals surface area contributed by atoms with Crippen LogP contribution in [0.3, 0.4) is 0 Å². The number of carbonyl (C=O) groups excluding carboxylic acids is 2. The van der Waals surface area contributed by atoms with Crippen molar-refractivity contribution in [3.63, 3.8) is 0 Å². The van der Waals surface area contributed by atoms with Gasteiger partial charge in [-0.15, -0.1) is 0 Å². The number of carbonyl (C=O) groups is 2. The summed E-state index contributed by atoms with van der Waals surface area (Å²) in [5.41, 5.74) is 1.83. The Morgan fingerprint density at radius 2 is 2.09 bits per heavy atom. The lowest BCUT2D eigenvalue weighted by Crippen LogP contribution is -2.42. The SMILES string of the molecule is CC(C)c1cc2c(cc1NC(=O)c1cnn3cccnc13)CN(C[C@@H](F)C(C)(C)O)C2=O. The summed E-state index contributed by atoms with van der Waals surface area (Å²) in [4.78, 5) is 31.5. The van der Waals surface area contributed by atoms with Crippen LogP contribution in [-0.2, 0) is 6.54 Å². The quantitative estimate of drug-likeness (QED) is 0.615. The molecule has 32 heavy (non-hydrogen) atoms. The second-order valence-electron chi connectivity index (χ2n) is 8.96. The zero-order chi connectivity index (χ0) is 23.2. The third kappa shape index (κ3) is 3.95. The molecular formula is C23H26FN5O3. The van der Waals surface area contributed by atoms with Gasteiger partial charge in [-0.05, 0) is 49.1 Å². The number of benzene rings is 1. The molecule has 2 N–H and O–H groups in total. The Labute approximate surface area is 185 Å². The van der Waals surface area contributed by atoms with E-state index >= 15 is 0 Å². The fraction of sp³-hybridized carbons (Fsp3) is 0.391. The summed E-state index contributed by atoms with van der Waals surface area (Å²) in [7, 11) is 0. The summed E-state index contributed by atoms with van der Waals surface area (Å²) < 4.78 is 15.9. The monoisotopic (exact) mass is 439 g/mol. The first-order valence-electron chi connectivity index (χ1n) is 10.5. The average Bonchev–Trinajstić information content (AvgIpc) is 3.28. The van der Waals surface area contributed by atoms with Crippen LogP contribution in [0.2, 0.25) is 0 Å². The molecule has 0 spiro atoms. The Kier molecular flexibility index (Phi) is 5.46. The van der Waals surface area contributed by atoms with E-state index in [0.29, 0.717) is 28.0 Å². The molecule has 168 valence electrons. The van der Waals surface area contributed by atoms with Crippen molar-refractivity contribution in [1.29, 1.82) is 0 Å². The van der Waals surface area contributed by atoms with Crippen molar-refractivity contribution in [3.8, 4) is 0 Å². The maximum atomic E-state index is 14.4. The number of hydrogen-bond acceptors (Lipinski definition) is 5. The highest BCUT2D eigenvalue weighted by atomic mass is 19.1.